The van der Waals surface area contributed by atoms with Gasteiger partial charge in [0.1, 0.15) is 0 Å². The zero-order chi connectivity index (χ0) is 12.1. The van der Waals surface area contributed by atoms with E-state index in [4.69, 9.17) is 5.84 Å². The summed E-state index contributed by atoms with van der Waals surface area (Å²) in [7, 11) is 4.26. The number of hydrogen-bond donors (Lipinski definition) is 2. The van der Waals surface area contributed by atoms with Gasteiger partial charge in [-0.05, 0) is 40.0 Å². The number of amides is 1. The topological polar surface area (TPSA) is 61.6 Å². The van der Waals surface area contributed by atoms with Gasteiger partial charge in [0.25, 0.3) is 0 Å². The number of rotatable bonds is 4. The molecule has 0 aromatic rings. The second-order valence-electron chi connectivity index (χ2n) is 4.91. The minimum Gasteiger partial charge on any atom is -0.306 e. The Morgan fingerprint density at radius 1 is 1.50 bits per heavy atom. The molecule has 5 heteroatoms. The average Bonchev–Trinajstić information content (AvgIpc) is 2.28. The summed E-state index contributed by atoms with van der Waals surface area (Å²) in [4.78, 5) is 15.9. The smallest absolute Gasteiger partial charge is 0.237 e. The molecule has 0 saturated carbocycles. The van der Waals surface area contributed by atoms with Crippen molar-refractivity contribution in [1.82, 2.24) is 15.2 Å². The molecule has 5 nitrogen and oxygen atoms in total. The van der Waals surface area contributed by atoms with Crippen LogP contribution in [0.1, 0.15) is 19.8 Å². The van der Waals surface area contributed by atoms with Crippen LogP contribution in [0.2, 0.25) is 0 Å². The second kappa shape index (κ2) is 6.18. The fourth-order valence-corrected chi connectivity index (χ4v) is 2.23. The number of nitrogens with two attached hydrogens (primary N) is 1. The number of nitrogens with zero attached hydrogens (tertiary/aromatic N) is 2. The summed E-state index contributed by atoms with van der Waals surface area (Å²) in [6.07, 6.45) is 2.37. The Bertz CT molecular complexity index is 224. The molecule has 16 heavy (non-hydrogen) atoms. The third kappa shape index (κ3) is 3.73. The molecule has 0 spiro atoms. The van der Waals surface area contributed by atoms with Gasteiger partial charge in [-0.15, -0.1) is 0 Å². The van der Waals surface area contributed by atoms with Crippen LogP contribution in [-0.4, -0.2) is 55.5 Å². The predicted molar refractivity (Wildman–Crippen MR) is 64.6 cm³/mol. The Kier molecular flexibility index (Phi) is 5.18. The summed E-state index contributed by atoms with van der Waals surface area (Å²) >= 11 is 0. The number of piperidine rings is 1. The van der Waals surface area contributed by atoms with E-state index in [2.05, 4.69) is 29.3 Å². The summed E-state index contributed by atoms with van der Waals surface area (Å²) in [6, 6.07) is 0.690. The molecule has 3 N–H and O–H groups in total. The largest absolute Gasteiger partial charge is 0.306 e. The van der Waals surface area contributed by atoms with Crippen LogP contribution in [0.25, 0.3) is 0 Å². The first-order valence-corrected chi connectivity index (χ1v) is 5.93. The van der Waals surface area contributed by atoms with E-state index < -0.39 is 0 Å². The third-order valence-electron chi connectivity index (χ3n) is 3.41. The Morgan fingerprint density at radius 3 is 2.50 bits per heavy atom. The molecule has 1 heterocycles. The van der Waals surface area contributed by atoms with Crippen LogP contribution in [0.3, 0.4) is 0 Å². The molecule has 0 bridgehead atoms. The van der Waals surface area contributed by atoms with Crippen molar-refractivity contribution >= 4 is 5.91 Å². The lowest BCUT2D eigenvalue weighted by atomic mass is 10.0. The van der Waals surface area contributed by atoms with Crippen LogP contribution >= 0.6 is 0 Å². The van der Waals surface area contributed by atoms with Gasteiger partial charge in [-0.25, -0.2) is 5.84 Å². The van der Waals surface area contributed by atoms with Gasteiger partial charge in [0.15, 0.2) is 0 Å². The van der Waals surface area contributed by atoms with Gasteiger partial charge in [-0.3, -0.25) is 10.2 Å². The molecule has 0 aromatic carbocycles. The molecule has 1 saturated heterocycles. The van der Waals surface area contributed by atoms with E-state index in [1.807, 2.05) is 6.92 Å². The number of hydrogen-bond acceptors (Lipinski definition) is 4. The Hall–Kier alpha value is -0.650. The SMILES string of the molecule is CC(CN1CCC(N(C)C)CC1)C(=O)NN. The van der Waals surface area contributed by atoms with E-state index in [1.54, 1.807) is 0 Å². The Balaban J connectivity index is 2.29. The number of carbonyl (C=O) groups is 1. The highest BCUT2D eigenvalue weighted by molar-refractivity contribution is 5.77. The molecular weight excluding hydrogens is 204 g/mol. The van der Waals surface area contributed by atoms with Crippen LogP contribution in [0.4, 0.5) is 0 Å². The average molecular weight is 228 g/mol. The van der Waals surface area contributed by atoms with Crippen molar-refractivity contribution in [3.63, 3.8) is 0 Å². The molecule has 1 aliphatic rings. The van der Waals surface area contributed by atoms with Crippen LogP contribution in [0.15, 0.2) is 0 Å². The first kappa shape index (κ1) is 13.4. The standard InChI is InChI=1S/C11H24N4O/c1-9(11(16)13-12)8-15-6-4-10(5-7-15)14(2)3/h9-10H,4-8,12H2,1-3H3,(H,13,16). The van der Waals surface area contributed by atoms with Gasteiger partial charge in [0, 0.05) is 18.5 Å². The highest BCUT2D eigenvalue weighted by Crippen LogP contribution is 2.15. The molecule has 0 aliphatic carbocycles. The van der Waals surface area contributed by atoms with E-state index in [1.165, 1.54) is 12.8 Å². The van der Waals surface area contributed by atoms with Gasteiger partial charge >= 0.3 is 0 Å². The lowest BCUT2D eigenvalue weighted by Gasteiger charge is -2.36. The first-order chi connectivity index (χ1) is 7.54. The maximum absolute atomic E-state index is 11.3. The fourth-order valence-electron chi connectivity index (χ4n) is 2.23. The van der Waals surface area contributed by atoms with Crippen LogP contribution in [0, 0.1) is 5.92 Å². The highest BCUT2D eigenvalue weighted by atomic mass is 16.2. The van der Waals surface area contributed by atoms with Gasteiger partial charge in [-0.1, -0.05) is 6.92 Å². The molecule has 0 aromatic heterocycles. The van der Waals surface area contributed by atoms with Gasteiger partial charge < -0.3 is 9.80 Å². The van der Waals surface area contributed by atoms with E-state index >= 15 is 0 Å². The fraction of sp³-hybridized carbons (Fsp3) is 0.909. The first-order valence-electron chi connectivity index (χ1n) is 5.93. The van der Waals surface area contributed by atoms with Crippen molar-refractivity contribution in [1.29, 1.82) is 0 Å². The van der Waals surface area contributed by atoms with Crippen LogP contribution in [-0.2, 0) is 4.79 Å². The number of hydrazine groups is 1. The minimum absolute atomic E-state index is 0.0269. The van der Waals surface area contributed by atoms with Gasteiger partial charge in [0.2, 0.25) is 5.91 Å². The monoisotopic (exact) mass is 228 g/mol. The Morgan fingerprint density at radius 2 is 2.06 bits per heavy atom. The van der Waals surface area contributed by atoms with E-state index in [0.717, 1.165) is 19.6 Å². The lowest BCUT2D eigenvalue weighted by molar-refractivity contribution is -0.125. The summed E-state index contributed by atoms with van der Waals surface area (Å²) in [5.41, 5.74) is 2.21. The summed E-state index contributed by atoms with van der Waals surface area (Å²) in [5, 5.41) is 0. The van der Waals surface area contributed by atoms with Crippen molar-refractivity contribution in [3.05, 3.63) is 0 Å². The third-order valence-corrected chi connectivity index (χ3v) is 3.41. The van der Waals surface area contributed by atoms with Crippen molar-refractivity contribution in [2.45, 2.75) is 25.8 Å². The van der Waals surface area contributed by atoms with Crippen molar-refractivity contribution < 1.29 is 4.79 Å². The van der Waals surface area contributed by atoms with Crippen LogP contribution in [0.5, 0.6) is 0 Å². The quantitative estimate of drug-likeness (QED) is 0.392. The van der Waals surface area contributed by atoms with E-state index in [-0.39, 0.29) is 11.8 Å². The van der Waals surface area contributed by atoms with Crippen molar-refractivity contribution in [2.75, 3.05) is 33.7 Å². The Labute approximate surface area is 97.9 Å². The minimum atomic E-state index is -0.0743. The summed E-state index contributed by atoms with van der Waals surface area (Å²) in [6.45, 7) is 4.87. The molecule has 1 unspecified atom stereocenters. The highest BCUT2D eigenvalue weighted by Gasteiger charge is 2.23. The molecule has 0 radical (unpaired) electrons. The van der Waals surface area contributed by atoms with Gasteiger partial charge in [-0.2, -0.15) is 0 Å². The molecule has 1 rings (SSSR count). The van der Waals surface area contributed by atoms with Crippen molar-refractivity contribution in [2.24, 2.45) is 11.8 Å². The maximum atomic E-state index is 11.3. The molecule has 1 fully saturated rings. The second-order valence-corrected chi connectivity index (χ2v) is 4.91. The summed E-state index contributed by atoms with van der Waals surface area (Å²) < 4.78 is 0. The van der Waals surface area contributed by atoms with Crippen LogP contribution < -0.4 is 11.3 Å². The number of carbonyl (C=O) groups excluding carboxylic acids is 1. The number of nitrogens with one attached hydrogen (secondary N) is 1. The maximum Gasteiger partial charge on any atom is 0.237 e. The van der Waals surface area contributed by atoms with Crippen molar-refractivity contribution in [3.8, 4) is 0 Å². The summed E-state index contributed by atoms with van der Waals surface area (Å²) in [5.74, 6) is 5.01. The lowest BCUT2D eigenvalue weighted by Crippen LogP contribution is -2.46. The predicted octanol–water partition coefficient (Wildman–Crippen LogP) is -0.362. The number of likely N-dealkylation sites (tertiary alicyclic amines) is 1. The normalized spacial score (nSPS) is 21.1. The van der Waals surface area contributed by atoms with E-state index in [9.17, 15) is 4.79 Å². The molecular formula is C11H24N4O. The molecule has 94 valence electrons. The van der Waals surface area contributed by atoms with Gasteiger partial charge in [0.05, 0.1) is 0 Å². The molecule has 1 atom stereocenters. The molecule has 1 amide bonds. The molecule has 1 aliphatic heterocycles. The zero-order valence-corrected chi connectivity index (χ0v) is 10.6. The zero-order valence-electron chi connectivity index (χ0n) is 10.6. The van der Waals surface area contributed by atoms with E-state index in [0.29, 0.717) is 6.04 Å².